The van der Waals surface area contributed by atoms with Gasteiger partial charge in [-0.1, -0.05) is 6.07 Å². The molecule has 2 unspecified atom stereocenters. The summed E-state index contributed by atoms with van der Waals surface area (Å²) in [4.78, 5) is 8.64. The molecule has 1 aromatic rings. The fourth-order valence-electron chi connectivity index (χ4n) is 3.67. The van der Waals surface area contributed by atoms with E-state index in [-0.39, 0.29) is 11.2 Å². The van der Waals surface area contributed by atoms with Crippen molar-refractivity contribution in [2.75, 3.05) is 27.4 Å². The van der Waals surface area contributed by atoms with E-state index in [4.69, 9.17) is 37.3 Å². The Morgan fingerprint density at radius 2 is 1.96 bits per heavy atom. The van der Waals surface area contributed by atoms with Gasteiger partial charge in [0.15, 0.2) is 0 Å². The molecule has 0 spiro atoms. The van der Waals surface area contributed by atoms with Crippen LogP contribution < -0.4 is 20.9 Å². The Hall–Kier alpha value is -1.67. The zero-order chi connectivity index (χ0) is 18.8. The Morgan fingerprint density at radius 1 is 1.23 bits per heavy atom. The lowest BCUT2D eigenvalue weighted by molar-refractivity contribution is 0.0274. The summed E-state index contributed by atoms with van der Waals surface area (Å²) >= 11 is 6.09. The highest BCUT2D eigenvalue weighted by molar-refractivity contribution is 6.65. The van der Waals surface area contributed by atoms with E-state index < -0.39 is 11.2 Å². The Balaban J connectivity index is 1.97. The van der Waals surface area contributed by atoms with E-state index in [0.717, 1.165) is 18.4 Å². The van der Waals surface area contributed by atoms with Gasteiger partial charge in [-0.25, -0.2) is 9.98 Å². The number of methoxy groups -OCH3 is 2. The van der Waals surface area contributed by atoms with Gasteiger partial charge in [-0.2, -0.15) is 0 Å². The van der Waals surface area contributed by atoms with Crippen LogP contribution >= 0.6 is 11.6 Å². The molecule has 3 rings (SSSR count). The second kappa shape index (κ2) is 7.52. The van der Waals surface area contributed by atoms with Gasteiger partial charge in [0.2, 0.25) is 5.29 Å². The summed E-state index contributed by atoms with van der Waals surface area (Å²) in [5, 5.41) is 0.127. The molecule has 0 amide bonds. The largest absolute Gasteiger partial charge is 0.497 e. The monoisotopic (exact) mass is 380 g/mol. The number of nitrogens with zero attached hydrogens (tertiary/aromatic N) is 2. The molecule has 8 heteroatoms. The first-order chi connectivity index (χ1) is 12.4. The summed E-state index contributed by atoms with van der Waals surface area (Å²) in [7, 11) is 3.22. The topological polar surface area (TPSA) is 104 Å². The number of benzene rings is 1. The molecule has 142 valence electrons. The maximum atomic E-state index is 6.79. The minimum atomic E-state index is -1.07. The van der Waals surface area contributed by atoms with Crippen LogP contribution in [0.1, 0.15) is 18.4 Å². The normalized spacial score (nSPS) is 29.3. The van der Waals surface area contributed by atoms with Crippen molar-refractivity contribution in [2.24, 2.45) is 27.4 Å². The van der Waals surface area contributed by atoms with E-state index in [1.807, 2.05) is 18.2 Å². The number of nitrogens with two attached hydrogens (primary N) is 2. The van der Waals surface area contributed by atoms with Crippen LogP contribution in [0.3, 0.4) is 0 Å². The second-order valence-electron chi connectivity index (χ2n) is 6.75. The Labute approximate surface area is 158 Å². The van der Waals surface area contributed by atoms with Crippen molar-refractivity contribution < 1.29 is 14.2 Å². The predicted molar refractivity (Wildman–Crippen MR) is 102 cm³/mol. The van der Waals surface area contributed by atoms with Gasteiger partial charge in [0.1, 0.15) is 17.2 Å². The van der Waals surface area contributed by atoms with Gasteiger partial charge >= 0.3 is 0 Å². The summed E-state index contributed by atoms with van der Waals surface area (Å²) in [6, 6.07) is 5.61. The third kappa shape index (κ3) is 3.44. The fraction of sp³-hybridized carbons (Fsp3) is 0.556. The molecule has 0 aliphatic carbocycles. The van der Waals surface area contributed by atoms with Crippen LogP contribution in [0, 0.1) is 5.92 Å². The van der Waals surface area contributed by atoms with E-state index in [1.54, 1.807) is 20.4 Å². The standard InChI is InChI=1S/C18H25ClN4O3/c1-24-14-4-3-12(15(9-14)25-2)10-17(20)11-22-16(19)23-18(17,21)13-5-7-26-8-6-13/h3-4,9,11,13H,5-8,10,20-21H2,1-2H3. The zero-order valence-electron chi connectivity index (χ0n) is 15.1. The lowest BCUT2D eigenvalue weighted by atomic mass is 9.70. The molecule has 1 fully saturated rings. The first-order valence-corrected chi connectivity index (χ1v) is 8.96. The van der Waals surface area contributed by atoms with E-state index >= 15 is 0 Å². The van der Waals surface area contributed by atoms with Gasteiger partial charge in [0, 0.05) is 37.8 Å². The van der Waals surface area contributed by atoms with Crippen molar-refractivity contribution in [2.45, 2.75) is 30.5 Å². The van der Waals surface area contributed by atoms with Crippen LogP contribution in [0.4, 0.5) is 0 Å². The summed E-state index contributed by atoms with van der Waals surface area (Å²) in [5.41, 5.74) is 12.4. The molecular weight excluding hydrogens is 356 g/mol. The quantitative estimate of drug-likeness (QED) is 0.756. The molecule has 2 aliphatic rings. The molecule has 0 aromatic heterocycles. The lowest BCUT2D eigenvalue weighted by Crippen LogP contribution is -2.72. The van der Waals surface area contributed by atoms with Gasteiger partial charge < -0.3 is 25.7 Å². The van der Waals surface area contributed by atoms with E-state index in [1.165, 1.54) is 0 Å². The van der Waals surface area contributed by atoms with Crippen molar-refractivity contribution in [1.29, 1.82) is 0 Å². The number of ether oxygens (including phenoxy) is 3. The van der Waals surface area contributed by atoms with Gasteiger partial charge in [-0.05, 0) is 36.1 Å². The minimum absolute atomic E-state index is 0.0472. The predicted octanol–water partition coefficient (Wildman–Crippen LogP) is 1.70. The minimum Gasteiger partial charge on any atom is -0.497 e. The number of hydrogen-bond acceptors (Lipinski definition) is 7. The number of hydrogen-bond donors (Lipinski definition) is 2. The zero-order valence-corrected chi connectivity index (χ0v) is 15.8. The van der Waals surface area contributed by atoms with E-state index in [2.05, 4.69) is 9.98 Å². The van der Waals surface area contributed by atoms with Crippen molar-refractivity contribution in [3.63, 3.8) is 0 Å². The second-order valence-corrected chi connectivity index (χ2v) is 7.08. The number of amidine groups is 1. The third-order valence-corrected chi connectivity index (χ3v) is 5.43. The average molecular weight is 381 g/mol. The molecule has 26 heavy (non-hydrogen) atoms. The van der Waals surface area contributed by atoms with Gasteiger partial charge in [0.05, 0.1) is 19.8 Å². The number of rotatable bonds is 5. The van der Waals surface area contributed by atoms with Crippen molar-refractivity contribution >= 4 is 23.1 Å². The molecule has 7 nitrogen and oxygen atoms in total. The SMILES string of the molecule is COc1ccc(CC2(N)C=NC(Cl)=NC2(N)C2CCOCC2)c(OC)c1. The molecule has 2 aliphatic heterocycles. The lowest BCUT2D eigenvalue weighted by Gasteiger charge is -2.48. The molecular formula is C18H25ClN4O3. The fourth-order valence-corrected chi connectivity index (χ4v) is 3.86. The molecule has 0 saturated carbocycles. The molecule has 0 radical (unpaired) electrons. The highest BCUT2D eigenvalue weighted by atomic mass is 35.5. The van der Waals surface area contributed by atoms with Crippen molar-refractivity contribution in [3.05, 3.63) is 23.8 Å². The summed E-state index contributed by atoms with van der Waals surface area (Å²) < 4.78 is 16.2. The molecule has 0 bridgehead atoms. The van der Waals surface area contributed by atoms with Crippen LogP contribution in [-0.2, 0) is 11.2 Å². The summed E-state index contributed by atoms with van der Waals surface area (Å²) in [6.45, 7) is 1.27. The molecule has 1 aromatic carbocycles. The smallest absolute Gasteiger partial charge is 0.219 e. The molecule has 2 atom stereocenters. The highest BCUT2D eigenvalue weighted by Gasteiger charge is 2.52. The van der Waals surface area contributed by atoms with Gasteiger partial charge in [-0.15, -0.1) is 0 Å². The molecule has 1 saturated heterocycles. The Bertz CT molecular complexity index is 720. The van der Waals surface area contributed by atoms with Crippen LogP contribution in [0.5, 0.6) is 11.5 Å². The maximum absolute atomic E-state index is 6.79. The Kier molecular flexibility index (Phi) is 5.53. The van der Waals surface area contributed by atoms with Crippen molar-refractivity contribution in [1.82, 2.24) is 0 Å². The van der Waals surface area contributed by atoms with Crippen LogP contribution in [-0.4, -0.2) is 50.1 Å². The van der Waals surface area contributed by atoms with Gasteiger partial charge in [0.25, 0.3) is 0 Å². The van der Waals surface area contributed by atoms with Crippen molar-refractivity contribution in [3.8, 4) is 11.5 Å². The van der Waals surface area contributed by atoms with E-state index in [9.17, 15) is 0 Å². The molecule has 4 N–H and O–H groups in total. The number of aliphatic imine (C=N–C) groups is 2. The average Bonchev–Trinajstić information content (AvgIpc) is 2.66. The Morgan fingerprint density at radius 3 is 2.62 bits per heavy atom. The summed E-state index contributed by atoms with van der Waals surface area (Å²) in [5.74, 6) is 1.43. The number of halogens is 1. The maximum Gasteiger partial charge on any atom is 0.219 e. The first kappa shape index (κ1) is 19.1. The van der Waals surface area contributed by atoms with E-state index in [0.29, 0.717) is 31.1 Å². The van der Waals surface area contributed by atoms with Crippen LogP contribution in [0.2, 0.25) is 0 Å². The molecule has 2 heterocycles. The highest BCUT2D eigenvalue weighted by Crippen LogP contribution is 2.39. The van der Waals surface area contributed by atoms with Crippen LogP contribution in [0.15, 0.2) is 28.2 Å². The van der Waals surface area contributed by atoms with Gasteiger partial charge in [-0.3, -0.25) is 0 Å². The third-order valence-electron chi connectivity index (χ3n) is 5.25. The first-order valence-electron chi connectivity index (χ1n) is 8.59. The van der Waals surface area contributed by atoms with Crippen LogP contribution in [0.25, 0.3) is 0 Å². The summed E-state index contributed by atoms with van der Waals surface area (Å²) in [6.07, 6.45) is 3.58.